The largest absolute Gasteiger partial charge is 0.388 e. The van der Waals surface area contributed by atoms with Crippen LogP contribution in [0.5, 0.6) is 0 Å². The quantitative estimate of drug-likeness (QED) is 0.866. The molecule has 2 aromatic rings. The molecule has 1 aromatic carbocycles. The molecule has 1 unspecified atom stereocenters. The number of aryl methyl sites for hydroxylation is 2. The first-order valence-corrected chi connectivity index (χ1v) is 7.83. The first kappa shape index (κ1) is 16.2. The molecule has 114 valence electrons. The summed E-state index contributed by atoms with van der Waals surface area (Å²) in [6.07, 6.45) is -0.0226. The average molecular weight is 353 g/mol. The maximum absolute atomic E-state index is 10.5. The van der Waals surface area contributed by atoms with Crippen LogP contribution in [0.3, 0.4) is 0 Å². The van der Waals surface area contributed by atoms with E-state index in [9.17, 15) is 5.11 Å². The monoisotopic (exact) mass is 352 g/mol. The van der Waals surface area contributed by atoms with E-state index in [0.29, 0.717) is 13.0 Å². The molecule has 0 bridgehead atoms. The minimum Gasteiger partial charge on any atom is -0.388 e. The highest BCUT2D eigenvalue weighted by molar-refractivity contribution is 9.10. The van der Waals surface area contributed by atoms with Gasteiger partial charge >= 0.3 is 0 Å². The van der Waals surface area contributed by atoms with Crippen molar-refractivity contribution in [2.45, 2.75) is 39.5 Å². The maximum atomic E-state index is 10.5. The summed E-state index contributed by atoms with van der Waals surface area (Å²) in [6.45, 7) is 5.35. The number of benzene rings is 1. The Labute approximate surface area is 133 Å². The van der Waals surface area contributed by atoms with Crippen LogP contribution in [0.1, 0.15) is 35.5 Å². The number of rotatable bonds is 6. The summed E-state index contributed by atoms with van der Waals surface area (Å²) in [6, 6.07) is 7.87. The van der Waals surface area contributed by atoms with Crippen LogP contribution in [-0.2, 0) is 24.3 Å². The molecule has 0 aliphatic heterocycles. The molecule has 1 heterocycles. The summed E-state index contributed by atoms with van der Waals surface area (Å²) in [5.41, 5.74) is 3.94. The first-order valence-electron chi connectivity index (χ1n) is 7.04. The highest BCUT2D eigenvalue weighted by atomic mass is 79.9. The number of aliphatic hydroxyl groups excluding tert-OH is 1. The lowest BCUT2D eigenvalue weighted by Gasteiger charge is -2.14. The molecular formula is C16H21BrN2O2. The van der Waals surface area contributed by atoms with Crippen molar-refractivity contribution >= 4 is 15.9 Å². The van der Waals surface area contributed by atoms with Crippen molar-refractivity contribution in [2.75, 3.05) is 7.11 Å². The van der Waals surface area contributed by atoms with Crippen molar-refractivity contribution in [1.82, 2.24) is 9.78 Å². The summed E-state index contributed by atoms with van der Waals surface area (Å²) in [7, 11) is 1.67. The third-order valence-corrected chi connectivity index (χ3v) is 4.52. The lowest BCUT2D eigenvalue weighted by atomic mass is 10.0. The number of aliphatic hydroxyl groups is 1. The molecular weight excluding hydrogens is 332 g/mol. The van der Waals surface area contributed by atoms with E-state index in [1.54, 1.807) is 7.11 Å². The van der Waals surface area contributed by atoms with Gasteiger partial charge in [-0.25, -0.2) is 0 Å². The fraction of sp³-hybridized carbons (Fsp3) is 0.438. The Kier molecular flexibility index (Phi) is 5.56. The first-order chi connectivity index (χ1) is 10.1. The van der Waals surface area contributed by atoms with Crippen molar-refractivity contribution in [3.8, 4) is 0 Å². The van der Waals surface area contributed by atoms with E-state index in [1.807, 2.05) is 42.8 Å². The number of aromatic nitrogens is 2. The fourth-order valence-electron chi connectivity index (χ4n) is 2.42. The molecule has 0 fully saturated rings. The highest BCUT2D eigenvalue weighted by Gasteiger charge is 2.17. The van der Waals surface area contributed by atoms with E-state index in [4.69, 9.17) is 4.74 Å². The minimum absolute atomic E-state index is 0.533. The fourth-order valence-corrected chi connectivity index (χ4v) is 2.87. The zero-order valence-electron chi connectivity index (χ0n) is 12.6. The van der Waals surface area contributed by atoms with Crippen LogP contribution in [0.15, 0.2) is 28.7 Å². The van der Waals surface area contributed by atoms with Gasteiger partial charge < -0.3 is 9.84 Å². The number of methoxy groups -OCH3 is 1. The van der Waals surface area contributed by atoms with Gasteiger partial charge in [0.2, 0.25) is 0 Å². The van der Waals surface area contributed by atoms with Crippen molar-refractivity contribution in [1.29, 1.82) is 0 Å². The summed E-state index contributed by atoms with van der Waals surface area (Å²) < 4.78 is 8.05. The van der Waals surface area contributed by atoms with Crippen LogP contribution in [0.25, 0.3) is 0 Å². The molecule has 0 saturated carbocycles. The molecule has 0 spiro atoms. The molecule has 0 saturated heterocycles. The highest BCUT2D eigenvalue weighted by Crippen LogP contribution is 2.27. The van der Waals surface area contributed by atoms with Gasteiger partial charge in [-0.15, -0.1) is 0 Å². The van der Waals surface area contributed by atoms with Crippen molar-refractivity contribution in [2.24, 2.45) is 0 Å². The van der Waals surface area contributed by atoms with Gasteiger partial charge in [0.15, 0.2) is 0 Å². The second-order valence-corrected chi connectivity index (χ2v) is 5.85. The summed E-state index contributed by atoms with van der Waals surface area (Å²) in [5.74, 6) is 0. The van der Waals surface area contributed by atoms with Gasteiger partial charge in [-0.2, -0.15) is 5.10 Å². The van der Waals surface area contributed by atoms with Crippen LogP contribution in [0.4, 0.5) is 0 Å². The van der Waals surface area contributed by atoms with Crippen molar-refractivity contribution in [3.05, 3.63) is 51.3 Å². The van der Waals surface area contributed by atoms with Gasteiger partial charge in [0.25, 0.3) is 0 Å². The normalized spacial score (nSPS) is 12.6. The SMILES string of the molecule is CCn1nc(C)c(Br)c1CC(O)c1cccc(COC)c1. The molecule has 2 rings (SSSR count). The molecule has 0 radical (unpaired) electrons. The Balaban J connectivity index is 2.21. The molecule has 1 N–H and O–H groups in total. The molecule has 5 heteroatoms. The van der Waals surface area contributed by atoms with Gasteiger partial charge in [0, 0.05) is 20.1 Å². The van der Waals surface area contributed by atoms with Gasteiger partial charge in [-0.3, -0.25) is 4.68 Å². The Morgan fingerprint density at radius 1 is 1.43 bits per heavy atom. The summed E-state index contributed by atoms with van der Waals surface area (Å²) >= 11 is 3.57. The number of hydrogen-bond donors (Lipinski definition) is 1. The van der Waals surface area contributed by atoms with Crippen LogP contribution < -0.4 is 0 Å². The maximum Gasteiger partial charge on any atom is 0.0845 e. The zero-order valence-corrected chi connectivity index (χ0v) is 14.2. The lowest BCUT2D eigenvalue weighted by Crippen LogP contribution is -2.09. The molecule has 0 aliphatic carbocycles. The van der Waals surface area contributed by atoms with E-state index in [1.165, 1.54) is 0 Å². The molecule has 1 atom stereocenters. The standard InChI is InChI=1S/C16H21BrN2O2/c1-4-19-14(16(17)11(2)18-19)9-15(20)13-7-5-6-12(8-13)10-21-3/h5-8,15,20H,4,9-10H2,1-3H3. The van der Waals surface area contributed by atoms with Crippen molar-refractivity contribution < 1.29 is 9.84 Å². The van der Waals surface area contributed by atoms with E-state index >= 15 is 0 Å². The van der Waals surface area contributed by atoms with E-state index in [-0.39, 0.29) is 0 Å². The second-order valence-electron chi connectivity index (χ2n) is 5.06. The smallest absolute Gasteiger partial charge is 0.0845 e. The van der Waals surface area contributed by atoms with Crippen LogP contribution >= 0.6 is 15.9 Å². The minimum atomic E-state index is -0.556. The van der Waals surface area contributed by atoms with E-state index in [2.05, 4.69) is 21.0 Å². The molecule has 21 heavy (non-hydrogen) atoms. The molecule has 4 nitrogen and oxygen atoms in total. The van der Waals surface area contributed by atoms with Crippen LogP contribution in [0.2, 0.25) is 0 Å². The topological polar surface area (TPSA) is 47.3 Å². The van der Waals surface area contributed by atoms with E-state index < -0.39 is 6.10 Å². The Hall–Kier alpha value is -1.17. The third-order valence-electron chi connectivity index (χ3n) is 3.49. The Morgan fingerprint density at radius 2 is 2.19 bits per heavy atom. The Morgan fingerprint density at radius 3 is 2.86 bits per heavy atom. The molecule has 1 aromatic heterocycles. The molecule has 0 aliphatic rings. The summed E-state index contributed by atoms with van der Waals surface area (Å²) in [4.78, 5) is 0. The zero-order chi connectivity index (χ0) is 15.4. The number of halogens is 1. The third kappa shape index (κ3) is 3.73. The van der Waals surface area contributed by atoms with E-state index in [0.717, 1.165) is 33.5 Å². The lowest BCUT2D eigenvalue weighted by molar-refractivity contribution is 0.172. The second kappa shape index (κ2) is 7.20. The van der Waals surface area contributed by atoms with Gasteiger partial charge in [0.1, 0.15) is 0 Å². The van der Waals surface area contributed by atoms with Gasteiger partial charge in [0.05, 0.1) is 28.6 Å². The van der Waals surface area contributed by atoms with Crippen molar-refractivity contribution in [3.63, 3.8) is 0 Å². The summed E-state index contributed by atoms with van der Waals surface area (Å²) in [5, 5.41) is 15.0. The average Bonchev–Trinajstić information content (AvgIpc) is 2.75. The number of hydrogen-bond acceptors (Lipinski definition) is 3. The van der Waals surface area contributed by atoms with Gasteiger partial charge in [-0.1, -0.05) is 24.3 Å². The number of nitrogens with zero attached hydrogens (tertiary/aromatic N) is 2. The van der Waals surface area contributed by atoms with Crippen LogP contribution in [-0.4, -0.2) is 22.0 Å². The predicted molar refractivity (Wildman–Crippen MR) is 86.2 cm³/mol. The molecule has 0 amide bonds. The van der Waals surface area contributed by atoms with Gasteiger partial charge in [-0.05, 0) is 40.9 Å². The Bertz CT molecular complexity index is 610. The predicted octanol–water partition coefficient (Wildman–Crippen LogP) is 3.40. The number of ether oxygens (including phenoxy) is 1. The van der Waals surface area contributed by atoms with Crippen LogP contribution in [0, 0.1) is 6.92 Å².